The van der Waals surface area contributed by atoms with E-state index in [9.17, 15) is 0 Å². The standard InChI is InChI=1S/C12H18ClN3/c13-12-11-3-1-2-10(16(11)8-15-12)9-4-6-14-7-5-9/h8-10,14H,1-7H2. The van der Waals surface area contributed by atoms with Gasteiger partial charge in [0.15, 0.2) is 0 Å². The van der Waals surface area contributed by atoms with Gasteiger partial charge in [-0.15, -0.1) is 0 Å². The number of nitrogens with zero attached hydrogens (tertiary/aromatic N) is 2. The maximum atomic E-state index is 6.12. The maximum Gasteiger partial charge on any atom is 0.150 e. The first-order chi connectivity index (χ1) is 7.86. The minimum atomic E-state index is 0.644. The van der Waals surface area contributed by atoms with E-state index in [0.29, 0.717) is 6.04 Å². The highest BCUT2D eigenvalue weighted by molar-refractivity contribution is 6.30. The van der Waals surface area contributed by atoms with Crippen molar-refractivity contribution < 1.29 is 0 Å². The van der Waals surface area contributed by atoms with E-state index in [0.717, 1.165) is 17.5 Å². The van der Waals surface area contributed by atoms with Crippen LogP contribution in [-0.2, 0) is 6.42 Å². The zero-order chi connectivity index (χ0) is 11.0. The second-order valence-electron chi connectivity index (χ2n) is 4.94. The molecule has 1 saturated heterocycles. The molecule has 1 aromatic heterocycles. The lowest BCUT2D eigenvalue weighted by atomic mass is 9.85. The lowest BCUT2D eigenvalue weighted by molar-refractivity contribution is 0.227. The molecule has 3 nitrogen and oxygen atoms in total. The van der Waals surface area contributed by atoms with Crippen molar-refractivity contribution >= 4 is 11.6 Å². The van der Waals surface area contributed by atoms with Gasteiger partial charge < -0.3 is 9.88 Å². The molecule has 16 heavy (non-hydrogen) atoms. The van der Waals surface area contributed by atoms with Gasteiger partial charge in [-0.25, -0.2) is 4.98 Å². The van der Waals surface area contributed by atoms with Crippen LogP contribution < -0.4 is 5.32 Å². The van der Waals surface area contributed by atoms with Gasteiger partial charge in [-0.3, -0.25) is 0 Å². The van der Waals surface area contributed by atoms with Crippen LogP contribution in [0, 0.1) is 5.92 Å². The topological polar surface area (TPSA) is 29.9 Å². The second-order valence-corrected chi connectivity index (χ2v) is 5.29. The Labute approximate surface area is 101 Å². The molecule has 0 aliphatic carbocycles. The molecule has 0 saturated carbocycles. The second kappa shape index (κ2) is 4.38. The van der Waals surface area contributed by atoms with Crippen LogP contribution in [0.15, 0.2) is 6.33 Å². The molecular weight excluding hydrogens is 222 g/mol. The fourth-order valence-corrected chi connectivity index (χ4v) is 3.43. The lowest BCUT2D eigenvalue weighted by Crippen LogP contribution is -2.34. The van der Waals surface area contributed by atoms with Crippen molar-refractivity contribution in [2.75, 3.05) is 13.1 Å². The zero-order valence-corrected chi connectivity index (χ0v) is 10.2. The van der Waals surface area contributed by atoms with Crippen molar-refractivity contribution in [1.82, 2.24) is 14.9 Å². The summed E-state index contributed by atoms with van der Waals surface area (Å²) in [5.74, 6) is 0.811. The first kappa shape index (κ1) is 10.6. The Morgan fingerprint density at radius 2 is 2.12 bits per heavy atom. The van der Waals surface area contributed by atoms with Crippen molar-refractivity contribution in [2.24, 2.45) is 5.92 Å². The Balaban J connectivity index is 1.86. The van der Waals surface area contributed by atoms with Crippen LogP contribution in [0.2, 0.25) is 5.15 Å². The SMILES string of the molecule is Clc1ncn2c1CCCC2C1CCNCC1. The van der Waals surface area contributed by atoms with E-state index < -0.39 is 0 Å². The Kier molecular flexibility index (Phi) is 2.90. The molecule has 1 unspecified atom stereocenters. The normalized spacial score (nSPS) is 26.7. The number of fused-ring (bicyclic) bond motifs is 1. The lowest BCUT2D eigenvalue weighted by Gasteiger charge is -2.35. The van der Waals surface area contributed by atoms with E-state index >= 15 is 0 Å². The smallest absolute Gasteiger partial charge is 0.150 e. The molecule has 2 aliphatic rings. The average Bonchev–Trinajstić information content (AvgIpc) is 2.73. The van der Waals surface area contributed by atoms with E-state index in [4.69, 9.17) is 11.6 Å². The van der Waals surface area contributed by atoms with Crippen molar-refractivity contribution in [1.29, 1.82) is 0 Å². The van der Waals surface area contributed by atoms with Crippen molar-refractivity contribution in [3.63, 3.8) is 0 Å². The Morgan fingerprint density at radius 3 is 2.94 bits per heavy atom. The minimum absolute atomic E-state index is 0.644. The van der Waals surface area contributed by atoms with Crippen LogP contribution in [-0.4, -0.2) is 22.6 Å². The largest absolute Gasteiger partial charge is 0.330 e. The number of piperidine rings is 1. The number of halogens is 1. The molecule has 1 atom stereocenters. The number of nitrogens with one attached hydrogen (secondary N) is 1. The van der Waals surface area contributed by atoms with Crippen molar-refractivity contribution in [2.45, 2.75) is 38.1 Å². The molecule has 1 N–H and O–H groups in total. The average molecular weight is 240 g/mol. The van der Waals surface area contributed by atoms with Crippen LogP contribution in [0.25, 0.3) is 0 Å². The molecule has 0 amide bonds. The monoisotopic (exact) mass is 239 g/mol. The van der Waals surface area contributed by atoms with Crippen molar-refractivity contribution in [3.8, 4) is 0 Å². The van der Waals surface area contributed by atoms with Crippen LogP contribution in [0.3, 0.4) is 0 Å². The molecule has 0 spiro atoms. The Morgan fingerprint density at radius 1 is 1.31 bits per heavy atom. The summed E-state index contributed by atoms with van der Waals surface area (Å²) in [6, 6.07) is 0.644. The quantitative estimate of drug-likeness (QED) is 0.816. The molecule has 3 heterocycles. The highest BCUT2D eigenvalue weighted by Gasteiger charge is 2.29. The molecule has 0 radical (unpaired) electrons. The molecule has 88 valence electrons. The highest BCUT2D eigenvalue weighted by atomic mass is 35.5. The number of imidazole rings is 1. The molecule has 0 aromatic carbocycles. The summed E-state index contributed by atoms with van der Waals surface area (Å²) in [5.41, 5.74) is 1.26. The first-order valence-corrected chi connectivity index (χ1v) is 6.66. The van der Waals surface area contributed by atoms with Crippen LogP contribution in [0.4, 0.5) is 0 Å². The van der Waals surface area contributed by atoms with Crippen LogP contribution >= 0.6 is 11.6 Å². The van der Waals surface area contributed by atoms with Gasteiger partial charge in [0.05, 0.1) is 12.0 Å². The van der Waals surface area contributed by atoms with Crippen LogP contribution in [0.5, 0.6) is 0 Å². The molecular formula is C12H18ClN3. The van der Waals surface area contributed by atoms with E-state index in [1.807, 2.05) is 6.33 Å². The molecule has 0 bridgehead atoms. The highest BCUT2D eigenvalue weighted by Crippen LogP contribution is 2.36. The summed E-state index contributed by atoms with van der Waals surface area (Å²) in [7, 11) is 0. The predicted octanol–water partition coefficient (Wildman–Crippen LogP) is 2.41. The zero-order valence-electron chi connectivity index (χ0n) is 9.45. The predicted molar refractivity (Wildman–Crippen MR) is 64.8 cm³/mol. The van der Waals surface area contributed by atoms with E-state index in [-0.39, 0.29) is 0 Å². The van der Waals surface area contributed by atoms with Gasteiger partial charge in [0, 0.05) is 6.04 Å². The van der Waals surface area contributed by atoms with Gasteiger partial charge in [-0.2, -0.15) is 0 Å². The third-order valence-corrected chi connectivity index (χ3v) is 4.36. The first-order valence-electron chi connectivity index (χ1n) is 6.28. The molecule has 1 fully saturated rings. The van der Waals surface area contributed by atoms with E-state index in [1.165, 1.54) is 44.5 Å². The number of hydrogen-bond acceptors (Lipinski definition) is 2. The Hall–Kier alpha value is -0.540. The van der Waals surface area contributed by atoms with Crippen LogP contribution in [0.1, 0.15) is 37.4 Å². The fourth-order valence-electron chi connectivity index (χ4n) is 3.19. The van der Waals surface area contributed by atoms with Gasteiger partial charge in [-0.05, 0) is 51.1 Å². The van der Waals surface area contributed by atoms with Gasteiger partial charge >= 0.3 is 0 Å². The van der Waals surface area contributed by atoms with Gasteiger partial charge in [0.1, 0.15) is 5.15 Å². The van der Waals surface area contributed by atoms with Gasteiger partial charge in [0.25, 0.3) is 0 Å². The van der Waals surface area contributed by atoms with Gasteiger partial charge in [-0.1, -0.05) is 11.6 Å². The number of aromatic nitrogens is 2. The summed E-state index contributed by atoms with van der Waals surface area (Å²) < 4.78 is 2.35. The van der Waals surface area contributed by atoms with Gasteiger partial charge in [0.2, 0.25) is 0 Å². The van der Waals surface area contributed by atoms with E-state index in [2.05, 4.69) is 14.9 Å². The molecule has 1 aromatic rings. The summed E-state index contributed by atoms with van der Waals surface area (Å²) in [4.78, 5) is 4.26. The minimum Gasteiger partial charge on any atom is -0.330 e. The number of rotatable bonds is 1. The summed E-state index contributed by atoms with van der Waals surface area (Å²) in [6.07, 6.45) is 8.19. The molecule has 2 aliphatic heterocycles. The fraction of sp³-hybridized carbons (Fsp3) is 0.750. The summed E-state index contributed by atoms with van der Waals surface area (Å²) >= 11 is 6.12. The number of hydrogen-bond donors (Lipinski definition) is 1. The third kappa shape index (κ3) is 1.76. The van der Waals surface area contributed by atoms with E-state index in [1.54, 1.807) is 0 Å². The maximum absolute atomic E-state index is 6.12. The third-order valence-electron chi connectivity index (χ3n) is 4.04. The Bertz CT molecular complexity index is 368. The molecule has 3 rings (SSSR count). The summed E-state index contributed by atoms with van der Waals surface area (Å²) in [5, 5.41) is 4.15. The summed E-state index contributed by atoms with van der Waals surface area (Å²) in [6.45, 7) is 2.33. The van der Waals surface area contributed by atoms with Crippen molar-refractivity contribution in [3.05, 3.63) is 17.2 Å². The molecule has 4 heteroatoms.